The van der Waals surface area contributed by atoms with Crippen LogP contribution in [0.15, 0.2) is 36.9 Å². The molecule has 2 aromatic heterocycles. The molecule has 0 radical (unpaired) electrons. The summed E-state index contributed by atoms with van der Waals surface area (Å²) in [4.78, 5) is 29.1. The number of pyridine rings is 1. The molecule has 8 heteroatoms. The molecule has 0 unspecified atom stereocenters. The molecule has 0 bridgehead atoms. The molecule has 3 rings (SSSR count). The van der Waals surface area contributed by atoms with Crippen molar-refractivity contribution in [2.75, 3.05) is 44.1 Å². The predicted octanol–water partition coefficient (Wildman–Crippen LogP) is 0.961. The van der Waals surface area contributed by atoms with Gasteiger partial charge in [0.1, 0.15) is 17.8 Å². The van der Waals surface area contributed by atoms with Crippen LogP contribution in [0.1, 0.15) is 16.9 Å². The molecule has 0 aliphatic carbocycles. The van der Waals surface area contributed by atoms with Crippen LogP contribution >= 0.6 is 0 Å². The van der Waals surface area contributed by atoms with E-state index in [1.165, 1.54) is 6.33 Å². The van der Waals surface area contributed by atoms with E-state index in [9.17, 15) is 4.79 Å². The lowest BCUT2D eigenvalue weighted by Crippen LogP contribution is -2.40. The summed E-state index contributed by atoms with van der Waals surface area (Å²) >= 11 is 0. The van der Waals surface area contributed by atoms with E-state index >= 15 is 0 Å². The first kappa shape index (κ1) is 18.1. The minimum atomic E-state index is -0.183. The van der Waals surface area contributed by atoms with Gasteiger partial charge in [0.15, 0.2) is 0 Å². The molecule has 138 valence electrons. The van der Waals surface area contributed by atoms with Gasteiger partial charge in [-0.25, -0.2) is 9.97 Å². The molecular formula is C18H24N6O2. The van der Waals surface area contributed by atoms with E-state index < -0.39 is 0 Å². The second kappa shape index (κ2) is 8.09. The standard InChI is InChI=1S/C18H24N6O2/c1-23(2)13-4-7-20-16(9-13)18(25)21-10-14-8-15(26-3)11-24(14)17-5-6-19-12-22-17/h4-7,9,12,14-15H,8,10-11H2,1-3H3,(H,21,25)/t14-,15-/m1/s1. The minimum Gasteiger partial charge on any atom is -0.380 e. The van der Waals surface area contributed by atoms with Crippen LogP contribution in [-0.2, 0) is 4.74 Å². The summed E-state index contributed by atoms with van der Waals surface area (Å²) in [6.07, 6.45) is 5.83. The molecule has 3 heterocycles. The van der Waals surface area contributed by atoms with Crippen LogP contribution in [0.4, 0.5) is 11.5 Å². The molecule has 8 nitrogen and oxygen atoms in total. The Morgan fingerprint density at radius 3 is 2.88 bits per heavy atom. The van der Waals surface area contributed by atoms with Crippen molar-refractivity contribution in [3.8, 4) is 0 Å². The first-order valence-corrected chi connectivity index (χ1v) is 8.55. The van der Waals surface area contributed by atoms with Crippen molar-refractivity contribution in [1.29, 1.82) is 0 Å². The van der Waals surface area contributed by atoms with E-state index in [-0.39, 0.29) is 18.1 Å². The normalized spacial score (nSPS) is 19.4. The average Bonchev–Trinajstić information content (AvgIpc) is 3.10. The second-order valence-corrected chi connectivity index (χ2v) is 6.47. The lowest BCUT2D eigenvalue weighted by Gasteiger charge is -2.25. The van der Waals surface area contributed by atoms with E-state index in [1.54, 1.807) is 25.6 Å². The highest BCUT2D eigenvalue weighted by atomic mass is 16.5. The molecule has 1 N–H and O–H groups in total. The molecule has 0 saturated carbocycles. The smallest absolute Gasteiger partial charge is 0.270 e. The maximum atomic E-state index is 12.5. The first-order chi connectivity index (χ1) is 12.6. The number of anilines is 2. The molecule has 0 aromatic carbocycles. The minimum absolute atomic E-state index is 0.107. The molecule has 1 aliphatic heterocycles. The van der Waals surface area contributed by atoms with E-state index in [2.05, 4.69) is 25.2 Å². The number of aromatic nitrogens is 3. The van der Waals surface area contributed by atoms with Gasteiger partial charge in [-0.05, 0) is 24.6 Å². The lowest BCUT2D eigenvalue weighted by atomic mass is 10.2. The second-order valence-electron chi connectivity index (χ2n) is 6.47. The van der Waals surface area contributed by atoms with E-state index in [0.29, 0.717) is 12.2 Å². The molecule has 2 atom stereocenters. The number of nitrogens with zero attached hydrogens (tertiary/aromatic N) is 5. The number of carbonyl (C=O) groups is 1. The maximum absolute atomic E-state index is 12.5. The molecule has 0 spiro atoms. The van der Waals surface area contributed by atoms with Crippen molar-refractivity contribution in [2.24, 2.45) is 0 Å². The summed E-state index contributed by atoms with van der Waals surface area (Å²) in [6.45, 7) is 1.24. The Kier molecular flexibility index (Phi) is 5.62. The zero-order chi connectivity index (χ0) is 18.5. The number of hydrogen-bond acceptors (Lipinski definition) is 7. The Morgan fingerprint density at radius 1 is 1.35 bits per heavy atom. The Labute approximate surface area is 153 Å². The third-order valence-electron chi connectivity index (χ3n) is 4.56. The number of ether oxygens (including phenoxy) is 1. The zero-order valence-corrected chi connectivity index (χ0v) is 15.3. The summed E-state index contributed by atoms with van der Waals surface area (Å²) in [6, 6.07) is 5.63. The average molecular weight is 356 g/mol. The topological polar surface area (TPSA) is 83.5 Å². The Bertz CT molecular complexity index is 739. The van der Waals surface area contributed by atoms with Crippen LogP contribution < -0.4 is 15.1 Å². The number of methoxy groups -OCH3 is 1. The fraction of sp³-hybridized carbons (Fsp3) is 0.444. The van der Waals surface area contributed by atoms with Gasteiger partial charge in [0.2, 0.25) is 0 Å². The van der Waals surface area contributed by atoms with Crippen LogP contribution in [0.3, 0.4) is 0 Å². The van der Waals surface area contributed by atoms with Gasteiger partial charge in [0, 0.05) is 52.4 Å². The third kappa shape index (κ3) is 4.08. The van der Waals surface area contributed by atoms with Gasteiger partial charge in [-0.15, -0.1) is 0 Å². The summed E-state index contributed by atoms with van der Waals surface area (Å²) in [5.74, 6) is 0.656. The zero-order valence-electron chi connectivity index (χ0n) is 15.3. The number of rotatable bonds is 6. The van der Waals surface area contributed by atoms with Gasteiger partial charge in [-0.3, -0.25) is 9.78 Å². The molecule has 2 aromatic rings. The van der Waals surface area contributed by atoms with E-state index in [4.69, 9.17) is 4.74 Å². The molecular weight excluding hydrogens is 332 g/mol. The number of nitrogens with one attached hydrogen (secondary N) is 1. The molecule has 1 aliphatic rings. The fourth-order valence-corrected chi connectivity index (χ4v) is 3.09. The van der Waals surface area contributed by atoms with Gasteiger partial charge in [-0.2, -0.15) is 0 Å². The summed E-state index contributed by atoms with van der Waals surface area (Å²) in [5.41, 5.74) is 1.35. The first-order valence-electron chi connectivity index (χ1n) is 8.55. The van der Waals surface area contributed by atoms with Crippen LogP contribution in [0.25, 0.3) is 0 Å². The van der Waals surface area contributed by atoms with Crippen molar-refractivity contribution in [3.05, 3.63) is 42.6 Å². The Hall–Kier alpha value is -2.74. The van der Waals surface area contributed by atoms with Gasteiger partial charge in [0.25, 0.3) is 5.91 Å². The van der Waals surface area contributed by atoms with E-state index in [1.807, 2.05) is 31.1 Å². The molecule has 1 fully saturated rings. The highest BCUT2D eigenvalue weighted by molar-refractivity contribution is 5.93. The van der Waals surface area contributed by atoms with Crippen LogP contribution in [0.2, 0.25) is 0 Å². The van der Waals surface area contributed by atoms with Crippen molar-refractivity contribution in [3.63, 3.8) is 0 Å². The Balaban J connectivity index is 1.67. The number of hydrogen-bond donors (Lipinski definition) is 1. The van der Waals surface area contributed by atoms with Crippen molar-refractivity contribution in [2.45, 2.75) is 18.6 Å². The summed E-state index contributed by atoms with van der Waals surface area (Å²) in [5, 5.41) is 2.99. The maximum Gasteiger partial charge on any atom is 0.270 e. The van der Waals surface area contributed by atoms with Crippen LogP contribution in [0, 0.1) is 0 Å². The SMILES string of the molecule is CO[C@@H]1C[C@H](CNC(=O)c2cc(N(C)C)ccn2)N(c2ccncn2)C1. The van der Waals surface area contributed by atoms with Crippen molar-refractivity contribution in [1.82, 2.24) is 20.3 Å². The van der Waals surface area contributed by atoms with Gasteiger partial charge >= 0.3 is 0 Å². The number of amides is 1. The lowest BCUT2D eigenvalue weighted by molar-refractivity contribution is 0.0941. The highest BCUT2D eigenvalue weighted by Crippen LogP contribution is 2.24. The molecule has 1 saturated heterocycles. The van der Waals surface area contributed by atoms with Crippen molar-refractivity contribution >= 4 is 17.4 Å². The van der Waals surface area contributed by atoms with Crippen LogP contribution in [-0.4, -0.2) is 67.3 Å². The largest absolute Gasteiger partial charge is 0.380 e. The monoisotopic (exact) mass is 356 g/mol. The highest BCUT2D eigenvalue weighted by Gasteiger charge is 2.33. The summed E-state index contributed by atoms with van der Waals surface area (Å²) < 4.78 is 5.51. The summed E-state index contributed by atoms with van der Waals surface area (Å²) in [7, 11) is 5.57. The van der Waals surface area contributed by atoms with Crippen LogP contribution in [0.5, 0.6) is 0 Å². The van der Waals surface area contributed by atoms with Gasteiger partial charge in [-0.1, -0.05) is 0 Å². The molecule has 1 amide bonds. The van der Waals surface area contributed by atoms with Gasteiger partial charge < -0.3 is 19.9 Å². The fourth-order valence-electron chi connectivity index (χ4n) is 3.09. The Morgan fingerprint density at radius 2 is 2.19 bits per heavy atom. The number of carbonyl (C=O) groups excluding carboxylic acids is 1. The van der Waals surface area contributed by atoms with E-state index in [0.717, 1.165) is 24.5 Å². The predicted molar refractivity (Wildman–Crippen MR) is 99.5 cm³/mol. The van der Waals surface area contributed by atoms with Gasteiger partial charge in [0.05, 0.1) is 12.1 Å². The quantitative estimate of drug-likeness (QED) is 0.825. The molecule has 26 heavy (non-hydrogen) atoms. The van der Waals surface area contributed by atoms with Crippen molar-refractivity contribution < 1.29 is 9.53 Å². The third-order valence-corrected chi connectivity index (χ3v) is 4.56.